The number of carboxylic acids is 1. The number of nitrogens with zero attached hydrogens (tertiary/aromatic N) is 1. The van der Waals surface area contributed by atoms with E-state index in [9.17, 15) is 4.79 Å². The second-order valence-corrected chi connectivity index (χ2v) is 6.36. The number of likely N-dealkylation sites (tertiary alicyclic amines) is 1. The molecule has 1 heterocycles. The SMILES string of the molecule is CC(C(=O)O)C1CN(CCOc2ccc(Cl)cc2Br)C1. The van der Waals surface area contributed by atoms with E-state index in [-0.39, 0.29) is 11.8 Å². The van der Waals surface area contributed by atoms with Gasteiger partial charge in [-0.2, -0.15) is 0 Å². The number of benzene rings is 1. The minimum absolute atomic E-state index is 0.259. The van der Waals surface area contributed by atoms with E-state index in [1.807, 2.05) is 6.07 Å². The summed E-state index contributed by atoms with van der Waals surface area (Å²) in [4.78, 5) is 13.0. The van der Waals surface area contributed by atoms with Crippen LogP contribution in [0.15, 0.2) is 22.7 Å². The van der Waals surface area contributed by atoms with E-state index in [4.69, 9.17) is 21.4 Å². The number of ether oxygens (including phenoxy) is 1. The highest BCUT2D eigenvalue weighted by molar-refractivity contribution is 9.10. The lowest BCUT2D eigenvalue weighted by molar-refractivity contribution is -0.145. The topological polar surface area (TPSA) is 49.8 Å². The van der Waals surface area contributed by atoms with Gasteiger partial charge in [0.15, 0.2) is 0 Å². The minimum Gasteiger partial charge on any atom is -0.491 e. The summed E-state index contributed by atoms with van der Waals surface area (Å²) in [6.45, 7) is 4.81. The Hall–Kier alpha value is -0.780. The van der Waals surface area contributed by atoms with Crippen LogP contribution in [0.1, 0.15) is 6.92 Å². The predicted molar refractivity (Wildman–Crippen MR) is 81.4 cm³/mol. The van der Waals surface area contributed by atoms with Gasteiger partial charge in [0.1, 0.15) is 12.4 Å². The van der Waals surface area contributed by atoms with E-state index in [0.29, 0.717) is 11.6 Å². The maximum Gasteiger partial charge on any atom is 0.306 e. The summed E-state index contributed by atoms with van der Waals surface area (Å²) < 4.78 is 6.52. The molecule has 1 saturated heterocycles. The molecule has 1 fully saturated rings. The predicted octanol–water partition coefficient (Wildman–Crippen LogP) is 3.13. The molecule has 2 rings (SSSR count). The molecule has 1 aliphatic heterocycles. The molecule has 1 unspecified atom stereocenters. The Kier molecular flexibility index (Phi) is 5.29. The lowest BCUT2D eigenvalue weighted by Gasteiger charge is -2.41. The van der Waals surface area contributed by atoms with Gasteiger partial charge >= 0.3 is 5.97 Å². The quantitative estimate of drug-likeness (QED) is 0.844. The molecule has 0 saturated carbocycles. The smallest absolute Gasteiger partial charge is 0.306 e. The van der Waals surface area contributed by atoms with Crippen molar-refractivity contribution < 1.29 is 14.6 Å². The molecular weight excluding hydrogens is 346 g/mol. The standard InChI is InChI=1S/C14H17BrClNO3/c1-9(14(18)19)10-7-17(8-10)4-5-20-13-3-2-11(16)6-12(13)15/h2-3,6,9-10H,4-5,7-8H2,1H3,(H,18,19). The summed E-state index contributed by atoms with van der Waals surface area (Å²) in [6, 6.07) is 5.42. The van der Waals surface area contributed by atoms with E-state index in [2.05, 4.69) is 20.8 Å². The van der Waals surface area contributed by atoms with E-state index in [0.717, 1.165) is 29.9 Å². The van der Waals surface area contributed by atoms with Crippen molar-refractivity contribution in [3.63, 3.8) is 0 Å². The molecule has 6 heteroatoms. The van der Waals surface area contributed by atoms with Crippen LogP contribution in [-0.2, 0) is 4.79 Å². The molecule has 1 N–H and O–H groups in total. The first-order chi connectivity index (χ1) is 9.47. The summed E-state index contributed by atoms with van der Waals surface area (Å²) in [5.41, 5.74) is 0. The van der Waals surface area contributed by atoms with Crippen LogP contribution in [0, 0.1) is 11.8 Å². The first-order valence-electron chi connectivity index (χ1n) is 6.50. The summed E-state index contributed by atoms with van der Waals surface area (Å²) in [5.74, 6) is 0.0497. The van der Waals surface area contributed by atoms with Crippen molar-refractivity contribution in [1.82, 2.24) is 4.90 Å². The Balaban J connectivity index is 1.69. The Labute approximate surface area is 131 Å². The highest BCUT2D eigenvalue weighted by Crippen LogP contribution is 2.28. The van der Waals surface area contributed by atoms with E-state index < -0.39 is 5.97 Å². The second kappa shape index (κ2) is 6.78. The average molecular weight is 363 g/mol. The van der Waals surface area contributed by atoms with Crippen molar-refractivity contribution in [1.29, 1.82) is 0 Å². The largest absolute Gasteiger partial charge is 0.491 e. The molecule has 0 bridgehead atoms. The molecule has 1 atom stereocenters. The molecule has 1 aromatic rings. The van der Waals surface area contributed by atoms with Crippen LogP contribution in [-0.4, -0.2) is 42.2 Å². The summed E-state index contributed by atoms with van der Waals surface area (Å²) in [6.07, 6.45) is 0. The van der Waals surface area contributed by atoms with Crippen LogP contribution in [0.3, 0.4) is 0 Å². The fourth-order valence-corrected chi connectivity index (χ4v) is 2.98. The van der Waals surface area contributed by atoms with Gasteiger partial charge in [-0.25, -0.2) is 0 Å². The van der Waals surface area contributed by atoms with E-state index >= 15 is 0 Å². The number of carbonyl (C=O) groups is 1. The molecule has 1 aromatic carbocycles. The zero-order valence-corrected chi connectivity index (χ0v) is 13.5. The highest BCUT2D eigenvalue weighted by atomic mass is 79.9. The highest BCUT2D eigenvalue weighted by Gasteiger charge is 2.34. The number of hydrogen-bond acceptors (Lipinski definition) is 3. The third-order valence-corrected chi connectivity index (χ3v) is 4.50. The van der Waals surface area contributed by atoms with Gasteiger partial charge in [0.2, 0.25) is 0 Å². The van der Waals surface area contributed by atoms with Crippen molar-refractivity contribution in [3.8, 4) is 5.75 Å². The summed E-state index contributed by atoms with van der Waals surface area (Å²) >= 11 is 9.26. The van der Waals surface area contributed by atoms with Gasteiger partial charge in [-0.1, -0.05) is 18.5 Å². The van der Waals surface area contributed by atoms with Crippen LogP contribution in [0.5, 0.6) is 5.75 Å². The Morgan fingerprint density at radius 1 is 1.60 bits per heavy atom. The number of aliphatic carboxylic acids is 1. The monoisotopic (exact) mass is 361 g/mol. The Morgan fingerprint density at radius 3 is 2.90 bits per heavy atom. The number of carboxylic acid groups (broad SMARTS) is 1. The van der Waals surface area contributed by atoms with Gasteiger partial charge in [-0.3, -0.25) is 9.69 Å². The minimum atomic E-state index is -0.712. The van der Waals surface area contributed by atoms with Crippen LogP contribution in [0.4, 0.5) is 0 Å². The van der Waals surface area contributed by atoms with Gasteiger partial charge in [0.05, 0.1) is 10.4 Å². The van der Waals surface area contributed by atoms with Crippen LogP contribution in [0.25, 0.3) is 0 Å². The molecule has 1 aliphatic rings. The summed E-state index contributed by atoms with van der Waals surface area (Å²) in [7, 11) is 0. The van der Waals surface area contributed by atoms with Crippen LogP contribution >= 0.6 is 27.5 Å². The zero-order valence-electron chi connectivity index (χ0n) is 11.2. The third-order valence-electron chi connectivity index (χ3n) is 3.64. The first kappa shape index (κ1) is 15.6. The fraction of sp³-hybridized carbons (Fsp3) is 0.500. The second-order valence-electron chi connectivity index (χ2n) is 5.07. The van der Waals surface area contributed by atoms with E-state index in [1.54, 1.807) is 19.1 Å². The molecule has 0 aromatic heterocycles. The van der Waals surface area contributed by atoms with Gasteiger partial charge in [0.25, 0.3) is 0 Å². The lowest BCUT2D eigenvalue weighted by Crippen LogP contribution is -2.52. The van der Waals surface area contributed by atoms with Crippen molar-refractivity contribution in [2.45, 2.75) is 6.92 Å². The molecule has 110 valence electrons. The van der Waals surface area contributed by atoms with Crippen LogP contribution < -0.4 is 4.74 Å². The van der Waals surface area contributed by atoms with Crippen molar-refractivity contribution >= 4 is 33.5 Å². The lowest BCUT2D eigenvalue weighted by atomic mass is 9.87. The summed E-state index contributed by atoms with van der Waals surface area (Å²) in [5, 5.41) is 9.59. The molecule has 0 aliphatic carbocycles. The maximum absolute atomic E-state index is 10.8. The van der Waals surface area contributed by atoms with Gasteiger partial charge in [-0.05, 0) is 40.0 Å². The number of hydrogen-bond donors (Lipinski definition) is 1. The molecular formula is C14H17BrClNO3. The average Bonchev–Trinajstić information content (AvgIpc) is 2.33. The van der Waals surface area contributed by atoms with Crippen molar-refractivity contribution in [2.24, 2.45) is 11.8 Å². The van der Waals surface area contributed by atoms with Gasteiger partial charge in [-0.15, -0.1) is 0 Å². The Bertz CT molecular complexity index is 491. The van der Waals surface area contributed by atoms with Crippen molar-refractivity contribution in [2.75, 3.05) is 26.2 Å². The number of halogens is 2. The molecule has 0 amide bonds. The van der Waals surface area contributed by atoms with Crippen molar-refractivity contribution in [3.05, 3.63) is 27.7 Å². The molecule has 0 spiro atoms. The maximum atomic E-state index is 10.8. The van der Waals surface area contributed by atoms with Gasteiger partial charge < -0.3 is 9.84 Å². The molecule has 0 radical (unpaired) electrons. The Morgan fingerprint density at radius 2 is 2.30 bits per heavy atom. The fourth-order valence-electron chi connectivity index (χ4n) is 2.19. The normalized spacial score (nSPS) is 17.6. The third kappa shape index (κ3) is 3.87. The molecule has 20 heavy (non-hydrogen) atoms. The number of rotatable bonds is 6. The van der Waals surface area contributed by atoms with Gasteiger partial charge in [0, 0.05) is 24.7 Å². The molecule has 4 nitrogen and oxygen atoms in total. The van der Waals surface area contributed by atoms with Crippen LogP contribution in [0.2, 0.25) is 5.02 Å². The van der Waals surface area contributed by atoms with E-state index in [1.165, 1.54) is 0 Å². The first-order valence-corrected chi connectivity index (χ1v) is 7.67. The zero-order chi connectivity index (χ0) is 14.7.